The second-order valence-corrected chi connectivity index (χ2v) is 9.91. The largest absolute Gasteiger partial charge is 0.324 e. The second kappa shape index (κ2) is 9.20. The van der Waals surface area contributed by atoms with Gasteiger partial charge in [0.05, 0.1) is 15.6 Å². The highest BCUT2D eigenvalue weighted by atomic mass is 79.9. The first-order valence-electron chi connectivity index (χ1n) is 9.08. The fraction of sp³-hybridized carbons (Fsp3) is 0.136. The van der Waals surface area contributed by atoms with Crippen molar-refractivity contribution in [2.45, 2.75) is 18.7 Å². The molecule has 156 valence electrons. The molecule has 3 aromatic carbocycles. The van der Waals surface area contributed by atoms with Crippen molar-refractivity contribution in [1.29, 1.82) is 0 Å². The minimum atomic E-state index is -3.96. The molecule has 3 aromatic rings. The Hall–Kier alpha value is -2.35. The van der Waals surface area contributed by atoms with Crippen LogP contribution in [0.3, 0.4) is 0 Å². The molecule has 0 atom stereocenters. The normalized spacial score (nSPS) is 11.2. The van der Waals surface area contributed by atoms with Crippen molar-refractivity contribution in [1.82, 2.24) is 0 Å². The summed E-state index contributed by atoms with van der Waals surface area (Å²) < 4.78 is 28.6. The predicted octanol–water partition coefficient (Wildman–Crippen LogP) is 5.55. The molecule has 0 aliphatic carbocycles. The minimum Gasteiger partial charge on any atom is -0.324 e. The molecule has 0 aliphatic heterocycles. The fourth-order valence-corrected chi connectivity index (χ4v) is 4.80. The lowest BCUT2D eigenvalue weighted by Crippen LogP contribution is -2.38. The molecule has 0 aliphatic rings. The number of rotatable bonds is 6. The van der Waals surface area contributed by atoms with E-state index in [1.54, 1.807) is 67.6 Å². The number of hydrogen-bond donors (Lipinski definition) is 1. The maximum atomic E-state index is 13.4. The maximum absolute atomic E-state index is 13.4. The standard InChI is InChI=1S/C22H20BrClN2O3S/c1-15-7-10-18(11-8-15)30(28,29)26(21-6-4-3-5-16(21)2)14-22(27)25-17-9-12-19(23)20(24)13-17/h3-13H,14H2,1-2H3,(H,25,27). The Morgan fingerprint density at radius 1 is 1.03 bits per heavy atom. The zero-order valence-electron chi connectivity index (χ0n) is 16.4. The first kappa shape index (κ1) is 22.3. The lowest BCUT2D eigenvalue weighted by molar-refractivity contribution is -0.114. The third-order valence-corrected chi connectivity index (χ3v) is 7.49. The number of carbonyl (C=O) groups is 1. The van der Waals surface area contributed by atoms with Crippen LogP contribution in [0.4, 0.5) is 11.4 Å². The average molecular weight is 508 g/mol. The van der Waals surface area contributed by atoms with Crippen LogP contribution >= 0.6 is 27.5 Å². The van der Waals surface area contributed by atoms with Crippen LogP contribution in [0.25, 0.3) is 0 Å². The van der Waals surface area contributed by atoms with Crippen molar-refractivity contribution in [3.8, 4) is 0 Å². The molecule has 30 heavy (non-hydrogen) atoms. The van der Waals surface area contributed by atoms with E-state index in [2.05, 4.69) is 21.2 Å². The summed E-state index contributed by atoms with van der Waals surface area (Å²) in [5, 5.41) is 3.15. The Bertz CT molecular complexity index is 1180. The topological polar surface area (TPSA) is 66.5 Å². The molecule has 0 unspecified atom stereocenters. The van der Waals surface area contributed by atoms with E-state index in [1.165, 1.54) is 0 Å². The molecule has 0 saturated carbocycles. The van der Waals surface area contributed by atoms with E-state index < -0.39 is 15.9 Å². The molecule has 0 saturated heterocycles. The molecular formula is C22H20BrClN2O3S. The number of para-hydroxylation sites is 1. The zero-order valence-corrected chi connectivity index (χ0v) is 19.6. The lowest BCUT2D eigenvalue weighted by Gasteiger charge is -2.25. The number of carbonyl (C=O) groups excluding carboxylic acids is 1. The van der Waals surface area contributed by atoms with Crippen LogP contribution in [-0.4, -0.2) is 20.9 Å². The van der Waals surface area contributed by atoms with E-state index in [4.69, 9.17) is 11.6 Å². The molecule has 0 spiro atoms. The van der Waals surface area contributed by atoms with Gasteiger partial charge in [0.15, 0.2) is 0 Å². The Balaban J connectivity index is 1.95. The van der Waals surface area contributed by atoms with Crippen LogP contribution in [0, 0.1) is 13.8 Å². The summed E-state index contributed by atoms with van der Waals surface area (Å²) in [6.07, 6.45) is 0. The van der Waals surface area contributed by atoms with Crippen molar-refractivity contribution >= 4 is 54.8 Å². The van der Waals surface area contributed by atoms with Crippen LogP contribution in [0.1, 0.15) is 11.1 Å². The first-order valence-corrected chi connectivity index (χ1v) is 11.7. The van der Waals surface area contributed by atoms with Crippen LogP contribution < -0.4 is 9.62 Å². The zero-order chi connectivity index (χ0) is 21.9. The highest BCUT2D eigenvalue weighted by Crippen LogP contribution is 2.28. The van der Waals surface area contributed by atoms with Gasteiger partial charge >= 0.3 is 0 Å². The number of anilines is 2. The number of nitrogens with zero attached hydrogens (tertiary/aromatic N) is 1. The molecule has 0 bridgehead atoms. The van der Waals surface area contributed by atoms with Gasteiger partial charge < -0.3 is 5.32 Å². The molecule has 0 fully saturated rings. The van der Waals surface area contributed by atoms with Crippen LogP contribution in [0.5, 0.6) is 0 Å². The van der Waals surface area contributed by atoms with E-state index in [0.29, 0.717) is 20.9 Å². The smallest absolute Gasteiger partial charge is 0.264 e. The van der Waals surface area contributed by atoms with Gasteiger partial charge in [-0.1, -0.05) is 47.5 Å². The van der Waals surface area contributed by atoms with Crippen molar-refractivity contribution < 1.29 is 13.2 Å². The average Bonchev–Trinajstić information content (AvgIpc) is 2.70. The SMILES string of the molecule is Cc1ccc(S(=O)(=O)N(CC(=O)Nc2ccc(Br)c(Cl)c2)c2ccccc2C)cc1. The van der Waals surface area contributed by atoms with Crippen LogP contribution in [0.15, 0.2) is 76.1 Å². The van der Waals surface area contributed by atoms with Crippen molar-refractivity contribution in [2.75, 3.05) is 16.2 Å². The number of amides is 1. The van der Waals surface area contributed by atoms with Gasteiger partial charge in [-0.15, -0.1) is 0 Å². The molecule has 1 amide bonds. The Kier molecular flexibility index (Phi) is 6.85. The van der Waals surface area contributed by atoms with Crippen molar-refractivity contribution in [3.05, 3.63) is 87.4 Å². The molecule has 0 aromatic heterocycles. The summed E-state index contributed by atoms with van der Waals surface area (Å²) >= 11 is 9.38. The quantitative estimate of drug-likeness (QED) is 0.475. The van der Waals surface area contributed by atoms with E-state index in [0.717, 1.165) is 15.4 Å². The highest BCUT2D eigenvalue weighted by molar-refractivity contribution is 9.10. The van der Waals surface area contributed by atoms with Gasteiger partial charge in [-0.2, -0.15) is 0 Å². The Morgan fingerprint density at radius 2 is 1.70 bits per heavy atom. The molecule has 1 N–H and O–H groups in total. The summed E-state index contributed by atoms with van der Waals surface area (Å²) in [4.78, 5) is 12.9. The molecule has 8 heteroatoms. The number of halogens is 2. The lowest BCUT2D eigenvalue weighted by atomic mass is 10.2. The van der Waals surface area contributed by atoms with E-state index in [9.17, 15) is 13.2 Å². The van der Waals surface area contributed by atoms with Crippen LogP contribution in [-0.2, 0) is 14.8 Å². The predicted molar refractivity (Wildman–Crippen MR) is 125 cm³/mol. The van der Waals surface area contributed by atoms with Gasteiger partial charge in [0.1, 0.15) is 6.54 Å². The molecule has 0 radical (unpaired) electrons. The summed E-state index contributed by atoms with van der Waals surface area (Å²) in [6, 6.07) is 18.6. The Labute approximate surface area is 189 Å². The first-order chi connectivity index (χ1) is 14.2. The van der Waals surface area contributed by atoms with Gasteiger partial charge in [0.2, 0.25) is 5.91 Å². The van der Waals surface area contributed by atoms with Gasteiger partial charge in [0.25, 0.3) is 10.0 Å². The Morgan fingerprint density at radius 3 is 2.33 bits per heavy atom. The summed E-state index contributed by atoms with van der Waals surface area (Å²) in [7, 11) is -3.96. The van der Waals surface area contributed by atoms with E-state index >= 15 is 0 Å². The number of benzene rings is 3. The van der Waals surface area contributed by atoms with E-state index in [1.807, 2.05) is 13.0 Å². The second-order valence-electron chi connectivity index (χ2n) is 6.79. The molecule has 0 heterocycles. The number of hydrogen-bond acceptors (Lipinski definition) is 3. The third kappa shape index (κ3) is 5.03. The van der Waals surface area contributed by atoms with Gasteiger partial charge in [-0.3, -0.25) is 9.10 Å². The fourth-order valence-electron chi connectivity index (χ4n) is 2.89. The van der Waals surface area contributed by atoms with Gasteiger partial charge in [-0.05, 0) is 71.7 Å². The van der Waals surface area contributed by atoms with Crippen molar-refractivity contribution in [2.24, 2.45) is 0 Å². The van der Waals surface area contributed by atoms with E-state index in [-0.39, 0.29) is 11.4 Å². The molecule has 3 rings (SSSR count). The van der Waals surface area contributed by atoms with Crippen LogP contribution in [0.2, 0.25) is 5.02 Å². The monoisotopic (exact) mass is 506 g/mol. The number of nitrogens with one attached hydrogen (secondary N) is 1. The molecule has 5 nitrogen and oxygen atoms in total. The van der Waals surface area contributed by atoms with Gasteiger partial charge in [-0.25, -0.2) is 8.42 Å². The van der Waals surface area contributed by atoms with Crippen molar-refractivity contribution in [3.63, 3.8) is 0 Å². The summed E-state index contributed by atoms with van der Waals surface area (Å²) in [6.45, 7) is 3.31. The summed E-state index contributed by atoms with van der Waals surface area (Å²) in [5.74, 6) is -0.479. The highest BCUT2D eigenvalue weighted by Gasteiger charge is 2.28. The third-order valence-electron chi connectivity index (χ3n) is 4.48. The maximum Gasteiger partial charge on any atom is 0.264 e. The van der Waals surface area contributed by atoms with Gasteiger partial charge in [0, 0.05) is 10.2 Å². The number of aryl methyl sites for hydroxylation is 2. The molecular weight excluding hydrogens is 488 g/mol. The minimum absolute atomic E-state index is 0.121. The summed E-state index contributed by atoms with van der Waals surface area (Å²) in [5.41, 5.74) is 2.61. The number of sulfonamides is 1.